The van der Waals surface area contributed by atoms with Crippen molar-refractivity contribution in [3.63, 3.8) is 0 Å². The van der Waals surface area contributed by atoms with Gasteiger partial charge in [0.25, 0.3) is 0 Å². The maximum absolute atomic E-state index is 12.4. The molecule has 1 aromatic carbocycles. The van der Waals surface area contributed by atoms with Crippen LogP contribution >= 0.6 is 0 Å². The summed E-state index contributed by atoms with van der Waals surface area (Å²) in [7, 11) is 0. The van der Waals surface area contributed by atoms with Crippen molar-refractivity contribution in [2.45, 2.75) is 37.8 Å². The Morgan fingerprint density at radius 3 is 2.60 bits per heavy atom. The van der Waals surface area contributed by atoms with E-state index in [-0.39, 0.29) is 5.91 Å². The average molecular weight is 275 g/mol. The third kappa shape index (κ3) is 3.36. The number of benzene rings is 1. The number of primary amides is 1. The Bertz CT molecular complexity index is 475. The van der Waals surface area contributed by atoms with Crippen molar-refractivity contribution < 1.29 is 9.59 Å². The first-order valence-corrected chi connectivity index (χ1v) is 6.99. The van der Waals surface area contributed by atoms with Gasteiger partial charge in [-0.3, -0.25) is 9.59 Å². The molecule has 1 heterocycles. The zero-order valence-corrected chi connectivity index (χ0v) is 11.5. The smallest absolute Gasteiger partial charge is 0.240 e. The largest absolute Gasteiger partial charge is 0.368 e. The van der Waals surface area contributed by atoms with Gasteiger partial charge in [0, 0.05) is 6.54 Å². The van der Waals surface area contributed by atoms with Crippen molar-refractivity contribution in [2.75, 3.05) is 6.54 Å². The fraction of sp³-hybridized carbons (Fsp3) is 0.467. The molecule has 4 N–H and O–H groups in total. The van der Waals surface area contributed by atoms with Crippen LogP contribution in [0.4, 0.5) is 0 Å². The monoisotopic (exact) mass is 275 g/mol. The van der Waals surface area contributed by atoms with E-state index in [1.807, 2.05) is 30.3 Å². The van der Waals surface area contributed by atoms with Crippen LogP contribution in [-0.4, -0.2) is 35.3 Å². The summed E-state index contributed by atoms with van der Waals surface area (Å²) >= 11 is 0. The molecule has 1 aromatic rings. The van der Waals surface area contributed by atoms with Gasteiger partial charge in [-0.15, -0.1) is 0 Å². The van der Waals surface area contributed by atoms with Crippen LogP contribution in [0.3, 0.4) is 0 Å². The van der Waals surface area contributed by atoms with Gasteiger partial charge in [0.1, 0.15) is 6.04 Å². The molecule has 0 aromatic heterocycles. The Morgan fingerprint density at radius 1 is 1.25 bits per heavy atom. The molecular formula is C15H21N3O2. The van der Waals surface area contributed by atoms with Crippen molar-refractivity contribution in [1.29, 1.82) is 0 Å². The van der Waals surface area contributed by atoms with Crippen molar-refractivity contribution >= 4 is 11.8 Å². The van der Waals surface area contributed by atoms with E-state index in [4.69, 9.17) is 11.5 Å². The first-order chi connectivity index (χ1) is 9.59. The predicted molar refractivity (Wildman–Crippen MR) is 76.7 cm³/mol. The van der Waals surface area contributed by atoms with E-state index in [1.54, 1.807) is 4.90 Å². The lowest BCUT2D eigenvalue weighted by atomic mass is 9.99. The van der Waals surface area contributed by atoms with E-state index in [2.05, 4.69) is 0 Å². The molecule has 0 aliphatic carbocycles. The van der Waals surface area contributed by atoms with E-state index in [1.165, 1.54) is 0 Å². The van der Waals surface area contributed by atoms with Crippen LogP contribution in [0.5, 0.6) is 0 Å². The molecule has 1 unspecified atom stereocenters. The van der Waals surface area contributed by atoms with E-state index >= 15 is 0 Å². The number of nitrogens with zero attached hydrogens (tertiary/aromatic N) is 1. The van der Waals surface area contributed by atoms with Gasteiger partial charge in [-0.2, -0.15) is 0 Å². The highest BCUT2D eigenvalue weighted by Crippen LogP contribution is 2.18. The SMILES string of the molecule is NC(=O)C1CCCCN1C(=O)[C@H](N)Cc1ccccc1. The fourth-order valence-corrected chi connectivity index (χ4v) is 2.66. The van der Waals surface area contributed by atoms with E-state index in [9.17, 15) is 9.59 Å². The Labute approximate surface area is 118 Å². The molecule has 2 amide bonds. The summed E-state index contributed by atoms with van der Waals surface area (Å²) < 4.78 is 0. The lowest BCUT2D eigenvalue weighted by Crippen LogP contribution is -2.55. The van der Waals surface area contributed by atoms with Crippen LogP contribution in [0.2, 0.25) is 0 Å². The van der Waals surface area contributed by atoms with Crippen molar-refractivity contribution in [3.05, 3.63) is 35.9 Å². The zero-order chi connectivity index (χ0) is 14.5. The molecule has 108 valence electrons. The number of amides is 2. The quantitative estimate of drug-likeness (QED) is 0.834. The zero-order valence-electron chi connectivity index (χ0n) is 11.5. The molecule has 5 heteroatoms. The molecular weight excluding hydrogens is 254 g/mol. The summed E-state index contributed by atoms with van der Waals surface area (Å²) in [4.78, 5) is 25.4. The molecule has 0 spiro atoms. The molecule has 1 aliphatic heterocycles. The lowest BCUT2D eigenvalue weighted by molar-refractivity contribution is -0.142. The minimum absolute atomic E-state index is 0.183. The lowest BCUT2D eigenvalue weighted by Gasteiger charge is -2.35. The third-order valence-corrected chi connectivity index (χ3v) is 3.73. The van der Waals surface area contributed by atoms with Crippen LogP contribution in [0.1, 0.15) is 24.8 Å². The Kier molecular flexibility index (Phi) is 4.74. The highest BCUT2D eigenvalue weighted by molar-refractivity contribution is 5.89. The molecule has 1 saturated heterocycles. The number of hydrogen-bond acceptors (Lipinski definition) is 3. The third-order valence-electron chi connectivity index (χ3n) is 3.73. The first-order valence-electron chi connectivity index (χ1n) is 6.99. The molecule has 1 aliphatic rings. The summed E-state index contributed by atoms with van der Waals surface area (Å²) in [5.74, 6) is -0.623. The van der Waals surface area contributed by atoms with Crippen LogP contribution in [0, 0.1) is 0 Å². The van der Waals surface area contributed by atoms with Crippen LogP contribution in [0.15, 0.2) is 30.3 Å². The molecule has 0 bridgehead atoms. The summed E-state index contributed by atoms with van der Waals surface area (Å²) in [5.41, 5.74) is 12.4. The van der Waals surface area contributed by atoms with Crippen LogP contribution in [0.25, 0.3) is 0 Å². The first kappa shape index (κ1) is 14.5. The molecule has 0 saturated carbocycles. The van der Waals surface area contributed by atoms with Gasteiger partial charge in [0.15, 0.2) is 0 Å². The summed E-state index contributed by atoms with van der Waals surface area (Å²) in [6.45, 7) is 0.564. The van der Waals surface area contributed by atoms with Crippen molar-refractivity contribution in [2.24, 2.45) is 11.5 Å². The molecule has 20 heavy (non-hydrogen) atoms. The van der Waals surface area contributed by atoms with E-state index in [0.717, 1.165) is 18.4 Å². The number of piperidine rings is 1. The molecule has 2 atom stereocenters. The second-order valence-electron chi connectivity index (χ2n) is 5.24. The normalized spacial score (nSPS) is 20.4. The second-order valence-corrected chi connectivity index (χ2v) is 5.24. The number of likely N-dealkylation sites (tertiary alicyclic amines) is 1. The Morgan fingerprint density at radius 2 is 1.95 bits per heavy atom. The van der Waals surface area contributed by atoms with E-state index in [0.29, 0.717) is 19.4 Å². The molecule has 0 radical (unpaired) electrons. The Balaban J connectivity index is 2.03. The predicted octanol–water partition coefficient (Wildman–Crippen LogP) is 0.423. The number of hydrogen-bond donors (Lipinski definition) is 2. The maximum atomic E-state index is 12.4. The standard InChI is InChI=1S/C15H21N3O2/c16-12(10-11-6-2-1-3-7-11)15(20)18-9-5-4-8-13(18)14(17)19/h1-3,6-7,12-13H,4-5,8-10,16H2,(H2,17,19)/t12-,13?/m1/s1. The van der Waals surface area contributed by atoms with Crippen LogP contribution in [-0.2, 0) is 16.0 Å². The highest BCUT2D eigenvalue weighted by Gasteiger charge is 2.32. The fourth-order valence-electron chi connectivity index (χ4n) is 2.66. The van der Waals surface area contributed by atoms with E-state index < -0.39 is 18.0 Å². The molecule has 5 nitrogen and oxygen atoms in total. The van der Waals surface area contributed by atoms with Crippen LogP contribution < -0.4 is 11.5 Å². The van der Waals surface area contributed by atoms with Crippen molar-refractivity contribution in [3.8, 4) is 0 Å². The number of carbonyl (C=O) groups is 2. The van der Waals surface area contributed by atoms with Gasteiger partial charge >= 0.3 is 0 Å². The number of rotatable bonds is 4. The van der Waals surface area contributed by atoms with Gasteiger partial charge in [-0.05, 0) is 31.2 Å². The highest BCUT2D eigenvalue weighted by atomic mass is 16.2. The average Bonchev–Trinajstić information content (AvgIpc) is 2.47. The van der Waals surface area contributed by atoms with Gasteiger partial charge in [-0.1, -0.05) is 30.3 Å². The Hall–Kier alpha value is -1.88. The number of nitrogens with two attached hydrogens (primary N) is 2. The minimum Gasteiger partial charge on any atom is -0.368 e. The summed E-state index contributed by atoms with van der Waals surface area (Å²) in [5, 5.41) is 0. The molecule has 1 fully saturated rings. The second kappa shape index (κ2) is 6.52. The molecule has 2 rings (SSSR count). The van der Waals surface area contributed by atoms with Crippen molar-refractivity contribution in [1.82, 2.24) is 4.90 Å². The van der Waals surface area contributed by atoms with Gasteiger partial charge in [0.05, 0.1) is 6.04 Å². The number of carbonyl (C=O) groups excluding carboxylic acids is 2. The van der Waals surface area contributed by atoms with Gasteiger partial charge < -0.3 is 16.4 Å². The topological polar surface area (TPSA) is 89.4 Å². The summed E-state index contributed by atoms with van der Waals surface area (Å²) in [6, 6.07) is 8.50. The van der Waals surface area contributed by atoms with Gasteiger partial charge in [-0.25, -0.2) is 0 Å². The van der Waals surface area contributed by atoms with Gasteiger partial charge in [0.2, 0.25) is 11.8 Å². The maximum Gasteiger partial charge on any atom is 0.240 e. The summed E-state index contributed by atoms with van der Waals surface area (Å²) in [6.07, 6.45) is 2.93. The minimum atomic E-state index is -0.627.